The van der Waals surface area contributed by atoms with Crippen molar-refractivity contribution in [1.29, 1.82) is 0 Å². The van der Waals surface area contributed by atoms with Crippen LogP contribution in [0.4, 0.5) is 4.39 Å². The van der Waals surface area contributed by atoms with Crippen molar-refractivity contribution in [3.05, 3.63) is 48.3 Å². The Balaban J connectivity index is 2.39. The highest BCUT2D eigenvalue weighted by atomic mass is 19.1. The van der Waals surface area contributed by atoms with Crippen molar-refractivity contribution in [2.24, 2.45) is 0 Å². The number of ether oxygens (including phenoxy) is 1. The molecule has 0 aliphatic heterocycles. The highest BCUT2D eigenvalue weighted by molar-refractivity contribution is 5.97. The molecule has 6 nitrogen and oxygen atoms in total. The molecule has 2 rings (SSSR count). The minimum Gasteiger partial charge on any atom is -0.449 e. The summed E-state index contributed by atoms with van der Waals surface area (Å²) in [7, 11) is 0. The molecule has 0 fully saturated rings. The lowest BCUT2D eigenvalue weighted by atomic mass is 10.1. The monoisotopic (exact) mass is 320 g/mol. The van der Waals surface area contributed by atoms with E-state index in [2.05, 4.69) is 4.98 Å². The van der Waals surface area contributed by atoms with Gasteiger partial charge in [0.15, 0.2) is 12.4 Å². The van der Waals surface area contributed by atoms with E-state index in [0.29, 0.717) is 6.54 Å². The van der Waals surface area contributed by atoms with Crippen molar-refractivity contribution < 1.29 is 23.9 Å². The van der Waals surface area contributed by atoms with Crippen molar-refractivity contribution in [3.8, 4) is 11.5 Å². The molecular formula is C16H19FN3O3+. The number of halogens is 1. The van der Waals surface area contributed by atoms with E-state index in [9.17, 15) is 14.4 Å². The Bertz CT molecular complexity index is 707. The van der Waals surface area contributed by atoms with Gasteiger partial charge in [-0.3, -0.25) is 4.79 Å². The third-order valence-corrected chi connectivity index (χ3v) is 3.27. The first-order chi connectivity index (χ1) is 10.9. The van der Waals surface area contributed by atoms with Crippen molar-refractivity contribution in [3.63, 3.8) is 0 Å². The Labute approximate surface area is 133 Å². The summed E-state index contributed by atoms with van der Waals surface area (Å²) in [6.45, 7) is 6.12. The number of benzene rings is 1. The second-order valence-corrected chi connectivity index (χ2v) is 5.23. The summed E-state index contributed by atoms with van der Waals surface area (Å²) in [6.07, 6.45) is 3.84. The van der Waals surface area contributed by atoms with Crippen LogP contribution in [-0.2, 0) is 0 Å². The summed E-state index contributed by atoms with van der Waals surface area (Å²) >= 11 is 0. The molecule has 0 saturated carbocycles. The minimum atomic E-state index is -0.524. The number of hydrogen-bond acceptors (Lipinski definition) is 4. The van der Waals surface area contributed by atoms with Crippen LogP contribution in [-0.4, -0.2) is 33.6 Å². The zero-order valence-electron chi connectivity index (χ0n) is 13.2. The number of carbonyl (C=O) groups is 1. The predicted octanol–water partition coefficient (Wildman–Crippen LogP) is 2.41. The summed E-state index contributed by atoms with van der Waals surface area (Å²) in [5.41, 5.74) is 0.119. The Kier molecular flexibility index (Phi) is 5.10. The fourth-order valence-corrected chi connectivity index (χ4v) is 2.21. The first-order valence-corrected chi connectivity index (χ1v) is 7.26. The number of rotatable bonds is 5. The van der Waals surface area contributed by atoms with Crippen LogP contribution in [0.15, 0.2) is 36.9 Å². The predicted molar refractivity (Wildman–Crippen MR) is 79.9 cm³/mol. The van der Waals surface area contributed by atoms with Crippen LogP contribution in [0, 0.1) is 5.82 Å². The smallest absolute Gasteiger partial charge is 0.324 e. The van der Waals surface area contributed by atoms with E-state index in [1.807, 2.05) is 20.8 Å². The van der Waals surface area contributed by atoms with Crippen LogP contribution in [0.1, 0.15) is 31.1 Å². The van der Waals surface area contributed by atoms with Gasteiger partial charge < -0.3 is 14.8 Å². The number of aromatic nitrogens is 2. The topological polar surface area (TPSA) is 66.5 Å². The van der Waals surface area contributed by atoms with Crippen molar-refractivity contribution >= 4 is 5.91 Å². The van der Waals surface area contributed by atoms with Gasteiger partial charge in [-0.05, 0) is 44.0 Å². The minimum absolute atomic E-state index is 0.0263. The highest BCUT2D eigenvalue weighted by Crippen LogP contribution is 2.26. The van der Waals surface area contributed by atoms with Crippen LogP contribution in [0.2, 0.25) is 0 Å². The van der Waals surface area contributed by atoms with Gasteiger partial charge in [0.25, 0.3) is 5.91 Å². The SMILES string of the molecule is CCN(C(=O)c1cc(F)ccc1Oc1cnc[n+](O)c1)C(C)C. The maximum atomic E-state index is 13.6. The molecule has 1 aromatic heterocycles. The molecule has 0 aliphatic carbocycles. The molecule has 1 aromatic carbocycles. The molecule has 0 atom stereocenters. The molecule has 7 heteroatoms. The van der Waals surface area contributed by atoms with Gasteiger partial charge in [0.2, 0.25) is 5.75 Å². The molecule has 2 aromatic rings. The first-order valence-electron chi connectivity index (χ1n) is 7.26. The van der Waals surface area contributed by atoms with Gasteiger partial charge in [0.1, 0.15) is 11.6 Å². The third kappa shape index (κ3) is 3.94. The van der Waals surface area contributed by atoms with E-state index in [0.717, 1.165) is 10.8 Å². The summed E-state index contributed by atoms with van der Waals surface area (Å²) in [4.78, 5) is 18.0. The Morgan fingerprint density at radius 2 is 2.22 bits per heavy atom. The van der Waals surface area contributed by atoms with E-state index >= 15 is 0 Å². The maximum absolute atomic E-state index is 13.6. The number of hydrogen-bond donors (Lipinski definition) is 1. The molecular weight excluding hydrogens is 301 g/mol. The van der Waals surface area contributed by atoms with E-state index < -0.39 is 5.82 Å². The molecule has 0 aliphatic rings. The second-order valence-electron chi connectivity index (χ2n) is 5.23. The quantitative estimate of drug-likeness (QED) is 0.678. The van der Waals surface area contributed by atoms with Crippen molar-refractivity contribution in [2.45, 2.75) is 26.8 Å². The van der Waals surface area contributed by atoms with Crippen molar-refractivity contribution in [1.82, 2.24) is 9.88 Å². The first kappa shape index (κ1) is 16.7. The van der Waals surface area contributed by atoms with Gasteiger partial charge in [-0.1, -0.05) is 4.73 Å². The molecule has 1 heterocycles. The lowest BCUT2D eigenvalue weighted by Gasteiger charge is -2.26. The van der Waals surface area contributed by atoms with Gasteiger partial charge in [-0.2, -0.15) is 0 Å². The van der Waals surface area contributed by atoms with E-state index in [-0.39, 0.29) is 29.0 Å². The zero-order chi connectivity index (χ0) is 17.0. The Morgan fingerprint density at radius 1 is 1.48 bits per heavy atom. The van der Waals surface area contributed by atoms with Gasteiger partial charge >= 0.3 is 6.33 Å². The molecule has 0 spiro atoms. The van der Waals surface area contributed by atoms with Gasteiger partial charge in [0.05, 0.1) is 5.56 Å². The molecule has 0 bridgehead atoms. The average molecular weight is 320 g/mol. The standard InChI is InChI=1S/C16H19FN3O3/c1-4-20(11(2)3)16(21)14-7-12(17)5-6-15(14)23-13-8-18-10-19(22)9-13/h5-11,22H,4H2,1-3H3/q+1. The third-order valence-electron chi connectivity index (χ3n) is 3.27. The molecule has 23 heavy (non-hydrogen) atoms. The summed E-state index contributed by atoms with van der Waals surface area (Å²) in [5.74, 6) is -0.423. The largest absolute Gasteiger partial charge is 0.449 e. The van der Waals surface area contributed by atoms with E-state index in [1.54, 1.807) is 4.90 Å². The molecule has 122 valence electrons. The normalized spacial score (nSPS) is 10.7. The lowest BCUT2D eigenvalue weighted by Crippen LogP contribution is -2.36. The summed E-state index contributed by atoms with van der Waals surface area (Å²) in [5, 5.41) is 9.35. The van der Waals surface area contributed by atoms with E-state index in [4.69, 9.17) is 4.74 Å². The molecule has 1 N–H and O–H groups in total. The number of carbonyl (C=O) groups excluding carboxylic acids is 1. The molecule has 0 unspecified atom stereocenters. The highest BCUT2D eigenvalue weighted by Gasteiger charge is 2.22. The fourth-order valence-electron chi connectivity index (χ4n) is 2.21. The second kappa shape index (κ2) is 7.04. The average Bonchev–Trinajstić information content (AvgIpc) is 2.49. The van der Waals surface area contributed by atoms with Crippen LogP contribution in [0.5, 0.6) is 11.5 Å². The van der Waals surface area contributed by atoms with Crippen LogP contribution < -0.4 is 9.47 Å². The van der Waals surface area contributed by atoms with E-state index in [1.165, 1.54) is 30.9 Å². The lowest BCUT2D eigenvalue weighted by molar-refractivity contribution is -0.906. The Hall–Kier alpha value is -2.70. The Morgan fingerprint density at radius 3 is 2.83 bits per heavy atom. The van der Waals surface area contributed by atoms with Crippen LogP contribution in [0.3, 0.4) is 0 Å². The number of nitrogens with zero attached hydrogens (tertiary/aromatic N) is 3. The van der Waals surface area contributed by atoms with Gasteiger partial charge in [-0.25, -0.2) is 4.39 Å². The zero-order valence-corrected chi connectivity index (χ0v) is 13.2. The summed E-state index contributed by atoms with van der Waals surface area (Å²) < 4.78 is 19.9. The van der Waals surface area contributed by atoms with Crippen LogP contribution in [0.25, 0.3) is 0 Å². The summed E-state index contributed by atoms with van der Waals surface area (Å²) in [6, 6.07) is 3.71. The molecule has 1 amide bonds. The molecule has 0 radical (unpaired) electrons. The fraction of sp³-hybridized carbons (Fsp3) is 0.312. The van der Waals surface area contributed by atoms with Gasteiger partial charge in [0, 0.05) is 12.6 Å². The maximum Gasteiger partial charge on any atom is 0.324 e. The van der Waals surface area contributed by atoms with Gasteiger partial charge in [-0.15, -0.1) is 0 Å². The van der Waals surface area contributed by atoms with Crippen LogP contribution >= 0.6 is 0 Å². The number of amides is 1. The van der Waals surface area contributed by atoms with Crippen molar-refractivity contribution in [2.75, 3.05) is 6.54 Å². The molecule has 0 saturated heterocycles.